The van der Waals surface area contributed by atoms with Crippen LogP contribution < -0.4 is 0 Å². The molecule has 0 spiro atoms. The second-order valence-corrected chi connectivity index (χ2v) is 4.03. The van der Waals surface area contributed by atoms with E-state index in [1.54, 1.807) is 0 Å². The minimum Gasteiger partial charge on any atom is -0.465 e. The van der Waals surface area contributed by atoms with Crippen molar-refractivity contribution in [2.75, 3.05) is 7.11 Å². The molecule has 0 unspecified atom stereocenters. The van der Waals surface area contributed by atoms with Crippen LogP contribution in [0.15, 0.2) is 17.0 Å². The number of methoxy groups -OCH3 is 1. The summed E-state index contributed by atoms with van der Waals surface area (Å²) in [5, 5.41) is 8.65. The van der Waals surface area contributed by atoms with Crippen LogP contribution in [0.2, 0.25) is 0 Å². The van der Waals surface area contributed by atoms with E-state index in [1.807, 2.05) is 0 Å². The lowest BCUT2D eigenvalue weighted by molar-refractivity contribution is -0.0328. The minimum atomic E-state index is -4.75. The minimum absolute atomic E-state index is 0.502. The molecule has 0 aliphatic carbocycles. The molecule has 3 nitrogen and oxygen atoms in total. The molecule has 0 atom stereocenters. The first-order valence-electron chi connectivity index (χ1n) is 4.36. The number of nitriles is 1. The van der Waals surface area contributed by atoms with Crippen LogP contribution in [0.25, 0.3) is 0 Å². The van der Waals surface area contributed by atoms with Gasteiger partial charge in [-0.1, -0.05) is 0 Å². The maximum Gasteiger partial charge on any atom is 0.446 e. The third-order valence-corrected chi connectivity index (χ3v) is 2.70. The van der Waals surface area contributed by atoms with Crippen molar-refractivity contribution in [3.8, 4) is 6.07 Å². The topological polar surface area (TPSA) is 50.1 Å². The number of benzene rings is 1. The Morgan fingerprint density at radius 1 is 1.44 bits per heavy atom. The smallest absolute Gasteiger partial charge is 0.446 e. The molecule has 1 aromatic rings. The predicted octanol–water partition coefficient (Wildman–Crippen LogP) is 3.10. The SMILES string of the molecule is COC(=O)c1ccc(F)c(C#N)c1SC(F)(F)F. The third-order valence-electron chi connectivity index (χ3n) is 1.84. The summed E-state index contributed by atoms with van der Waals surface area (Å²) in [6.07, 6.45) is 0. The number of halogens is 4. The quantitative estimate of drug-likeness (QED) is 0.474. The summed E-state index contributed by atoms with van der Waals surface area (Å²) in [7, 11) is 0.972. The van der Waals surface area contributed by atoms with Crippen LogP contribution in [0.4, 0.5) is 17.6 Å². The van der Waals surface area contributed by atoms with E-state index in [0.29, 0.717) is 0 Å². The maximum atomic E-state index is 13.2. The van der Waals surface area contributed by atoms with E-state index >= 15 is 0 Å². The van der Waals surface area contributed by atoms with E-state index in [4.69, 9.17) is 5.26 Å². The highest BCUT2D eigenvalue weighted by Gasteiger charge is 2.34. The normalized spacial score (nSPS) is 10.9. The van der Waals surface area contributed by atoms with Crippen molar-refractivity contribution in [1.29, 1.82) is 5.26 Å². The lowest BCUT2D eigenvalue weighted by Gasteiger charge is -2.11. The first-order valence-corrected chi connectivity index (χ1v) is 5.18. The average Bonchev–Trinajstić information content (AvgIpc) is 2.26. The number of ether oxygens (including phenoxy) is 1. The van der Waals surface area contributed by atoms with Crippen LogP contribution >= 0.6 is 11.8 Å². The zero-order valence-electron chi connectivity index (χ0n) is 8.84. The molecule has 0 aromatic heterocycles. The van der Waals surface area contributed by atoms with Crippen LogP contribution in [0.1, 0.15) is 15.9 Å². The molecule has 8 heteroatoms. The summed E-state index contributed by atoms with van der Waals surface area (Å²) >= 11 is -0.727. The molecule has 1 aromatic carbocycles. The Morgan fingerprint density at radius 3 is 2.50 bits per heavy atom. The van der Waals surface area contributed by atoms with Gasteiger partial charge in [0, 0.05) is 0 Å². The van der Waals surface area contributed by atoms with Gasteiger partial charge in [0.05, 0.1) is 17.6 Å². The summed E-state index contributed by atoms with van der Waals surface area (Å²) in [5.41, 5.74) is -6.08. The van der Waals surface area contributed by atoms with Gasteiger partial charge in [0.1, 0.15) is 17.4 Å². The lowest BCUT2D eigenvalue weighted by atomic mass is 10.1. The third kappa shape index (κ3) is 3.13. The molecule has 0 saturated carbocycles. The van der Waals surface area contributed by atoms with Gasteiger partial charge in [0.2, 0.25) is 0 Å². The fraction of sp³-hybridized carbons (Fsp3) is 0.200. The van der Waals surface area contributed by atoms with Gasteiger partial charge < -0.3 is 4.74 Å². The Morgan fingerprint density at radius 2 is 2.06 bits per heavy atom. The molecule has 0 bridgehead atoms. The fourth-order valence-corrected chi connectivity index (χ4v) is 1.89. The summed E-state index contributed by atoms with van der Waals surface area (Å²) in [5.74, 6) is -2.20. The van der Waals surface area contributed by atoms with E-state index < -0.39 is 45.1 Å². The Hall–Kier alpha value is -1.75. The zero-order chi connectivity index (χ0) is 13.9. The largest absolute Gasteiger partial charge is 0.465 e. The van der Waals surface area contributed by atoms with Crippen LogP contribution in [0.5, 0.6) is 0 Å². The highest BCUT2D eigenvalue weighted by Crippen LogP contribution is 2.41. The monoisotopic (exact) mass is 279 g/mol. The van der Waals surface area contributed by atoms with Gasteiger partial charge in [0.25, 0.3) is 0 Å². The summed E-state index contributed by atoms with van der Waals surface area (Å²) in [6.45, 7) is 0. The first-order chi connectivity index (χ1) is 8.30. The van der Waals surface area contributed by atoms with Crippen molar-refractivity contribution < 1.29 is 27.1 Å². The standard InChI is InChI=1S/C10H5F4NO2S/c1-17-9(16)5-2-3-7(11)6(4-15)8(5)18-10(12,13)14/h2-3H,1H3. The second kappa shape index (κ2) is 5.27. The number of thioether (sulfide) groups is 1. The molecule has 0 aliphatic heterocycles. The van der Waals surface area contributed by atoms with Gasteiger partial charge in [-0.15, -0.1) is 0 Å². The first kappa shape index (κ1) is 14.3. The van der Waals surface area contributed by atoms with Gasteiger partial charge >= 0.3 is 11.5 Å². The van der Waals surface area contributed by atoms with E-state index in [2.05, 4.69) is 4.74 Å². The molecule has 96 valence electrons. The van der Waals surface area contributed by atoms with Crippen molar-refractivity contribution in [3.05, 3.63) is 29.1 Å². The van der Waals surface area contributed by atoms with Gasteiger partial charge in [-0.25, -0.2) is 9.18 Å². The molecular weight excluding hydrogens is 274 g/mol. The van der Waals surface area contributed by atoms with Crippen molar-refractivity contribution in [2.45, 2.75) is 10.4 Å². The number of alkyl halides is 3. The van der Waals surface area contributed by atoms with Crippen molar-refractivity contribution in [1.82, 2.24) is 0 Å². The van der Waals surface area contributed by atoms with E-state index in [9.17, 15) is 22.4 Å². The molecule has 0 aliphatic rings. The summed E-state index contributed by atoms with van der Waals surface area (Å²) in [4.78, 5) is 10.5. The number of rotatable bonds is 2. The van der Waals surface area contributed by atoms with E-state index in [1.165, 1.54) is 6.07 Å². The molecular formula is C10H5F4NO2S. The molecule has 1 rings (SSSR count). The number of esters is 1. The zero-order valence-corrected chi connectivity index (χ0v) is 9.66. The molecule has 0 amide bonds. The Labute approximate surface area is 103 Å². The average molecular weight is 279 g/mol. The van der Waals surface area contributed by atoms with Gasteiger partial charge in [0.15, 0.2) is 0 Å². The van der Waals surface area contributed by atoms with Gasteiger partial charge in [-0.05, 0) is 23.9 Å². The fourth-order valence-electron chi connectivity index (χ4n) is 1.16. The van der Waals surface area contributed by atoms with Crippen molar-refractivity contribution in [3.63, 3.8) is 0 Å². The number of nitrogens with zero attached hydrogens (tertiary/aromatic N) is 1. The van der Waals surface area contributed by atoms with Gasteiger partial charge in [-0.3, -0.25) is 0 Å². The highest BCUT2D eigenvalue weighted by atomic mass is 32.2. The Balaban J connectivity index is 3.45. The van der Waals surface area contributed by atoms with Gasteiger partial charge in [-0.2, -0.15) is 18.4 Å². The predicted molar refractivity (Wildman–Crippen MR) is 54.4 cm³/mol. The van der Waals surface area contributed by atoms with Crippen molar-refractivity contribution >= 4 is 17.7 Å². The van der Waals surface area contributed by atoms with Crippen LogP contribution in [0.3, 0.4) is 0 Å². The number of hydrogen-bond acceptors (Lipinski definition) is 4. The Bertz CT molecular complexity index is 522. The van der Waals surface area contributed by atoms with Crippen LogP contribution in [0, 0.1) is 17.1 Å². The Kier molecular flexibility index (Phi) is 4.19. The second-order valence-electron chi connectivity index (χ2n) is 2.95. The number of carbonyl (C=O) groups excluding carboxylic acids is 1. The van der Waals surface area contributed by atoms with E-state index in [0.717, 1.165) is 19.2 Å². The molecule has 18 heavy (non-hydrogen) atoms. The molecule has 0 N–H and O–H groups in total. The number of carbonyl (C=O) groups is 1. The van der Waals surface area contributed by atoms with Crippen molar-refractivity contribution in [2.24, 2.45) is 0 Å². The summed E-state index contributed by atoms with van der Waals surface area (Å²) in [6, 6.07) is 2.89. The molecule has 0 saturated heterocycles. The number of hydrogen-bond donors (Lipinski definition) is 0. The highest BCUT2D eigenvalue weighted by molar-refractivity contribution is 8.00. The van der Waals surface area contributed by atoms with Crippen LogP contribution in [-0.4, -0.2) is 18.6 Å². The maximum absolute atomic E-state index is 13.2. The molecule has 0 radical (unpaired) electrons. The molecule has 0 fully saturated rings. The van der Waals surface area contributed by atoms with Crippen LogP contribution in [-0.2, 0) is 4.74 Å². The lowest BCUT2D eigenvalue weighted by Crippen LogP contribution is -2.09. The van der Waals surface area contributed by atoms with E-state index in [-0.39, 0.29) is 0 Å². The molecule has 0 heterocycles. The summed E-state index contributed by atoms with van der Waals surface area (Å²) < 4.78 is 54.4.